The lowest BCUT2D eigenvalue weighted by Gasteiger charge is -1.99. The monoisotopic (exact) mass is 315 g/mol. The summed E-state index contributed by atoms with van der Waals surface area (Å²) < 4.78 is 1.74. The number of benzene rings is 1. The van der Waals surface area contributed by atoms with Gasteiger partial charge in [0.05, 0.1) is 11.7 Å². The normalized spacial score (nSPS) is 11.2. The van der Waals surface area contributed by atoms with Crippen LogP contribution in [0.5, 0.6) is 0 Å². The molecule has 0 atom stereocenters. The number of fused-ring (bicyclic) bond motifs is 2. The molecule has 2 heterocycles. The molecular weight excluding hydrogens is 298 g/mol. The summed E-state index contributed by atoms with van der Waals surface area (Å²) in [4.78, 5) is 17.6. The van der Waals surface area contributed by atoms with E-state index >= 15 is 0 Å². The van der Waals surface area contributed by atoms with Crippen molar-refractivity contribution in [3.63, 3.8) is 0 Å². The van der Waals surface area contributed by atoms with Crippen molar-refractivity contribution in [2.75, 3.05) is 0 Å². The highest BCUT2D eigenvalue weighted by Crippen LogP contribution is 2.22. The molecular formula is C20H17N3O. The fraction of sp³-hybridized carbons (Fsp3) is 0.150. The van der Waals surface area contributed by atoms with Crippen LogP contribution in [0.25, 0.3) is 32.8 Å². The number of hydrogen-bond acceptors (Lipinski definition) is 3. The summed E-state index contributed by atoms with van der Waals surface area (Å²) >= 11 is 0. The summed E-state index contributed by atoms with van der Waals surface area (Å²) in [6.45, 7) is 2.09. The molecule has 4 nitrogen and oxygen atoms in total. The quantitative estimate of drug-likeness (QED) is 0.566. The second kappa shape index (κ2) is 5.57. The Morgan fingerprint density at radius 3 is 2.58 bits per heavy atom. The first kappa shape index (κ1) is 14.6. The minimum Gasteiger partial charge on any atom is -0.289 e. The Morgan fingerprint density at radius 2 is 1.83 bits per heavy atom. The Labute approximate surface area is 139 Å². The van der Waals surface area contributed by atoms with Crippen molar-refractivity contribution in [3.05, 3.63) is 70.8 Å². The van der Waals surface area contributed by atoms with Crippen LogP contribution in [0.3, 0.4) is 0 Å². The molecule has 0 aliphatic rings. The van der Waals surface area contributed by atoms with E-state index in [-0.39, 0.29) is 5.43 Å². The molecule has 0 aliphatic heterocycles. The molecule has 0 aliphatic carbocycles. The lowest BCUT2D eigenvalue weighted by atomic mass is 10.1. The van der Waals surface area contributed by atoms with Gasteiger partial charge in [0.1, 0.15) is 0 Å². The summed E-state index contributed by atoms with van der Waals surface area (Å²) in [6.07, 6.45) is 6.40. The summed E-state index contributed by atoms with van der Waals surface area (Å²) in [6, 6.07) is 11.9. The zero-order chi connectivity index (χ0) is 16.7. The second-order valence-corrected chi connectivity index (χ2v) is 6.00. The SMILES string of the molecule is CCc1ccc2ccc3ncc(-c4cnn(C)c4)cc3c(=O)c2c1. The minimum atomic E-state index is 0.0264. The van der Waals surface area contributed by atoms with Crippen molar-refractivity contribution < 1.29 is 0 Å². The molecule has 0 saturated heterocycles. The molecule has 0 radical (unpaired) electrons. The van der Waals surface area contributed by atoms with Crippen molar-refractivity contribution in [1.82, 2.24) is 14.8 Å². The van der Waals surface area contributed by atoms with Crippen LogP contribution in [0.4, 0.5) is 0 Å². The smallest absolute Gasteiger partial charge is 0.195 e. The first-order valence-corrected chi connectivity index (χ1v) is 8.00. The van der Waals surface area contributed by atoms with Crippen LogP contribution in [-0.2, 0) is 13.5 Å². The molecule has 2 aromatic carbocycles. The number of nitrogens with zero attached hydrogens (tertiary/aromatic N) is 3. The van der Waals surface area contributed by atoms with Gasteiger partial charge in [-0.25, -0.2) is 0 Å². The minimum absolute atomic E-state index is 0.0264. The number of pyridine rings is 1. The van der Waals surface area contributed by atoms with Crippen LogP contribution in [0, 0.1) is 0 Å². The molecule has 0 spiro atoms. The lowest BCUT2D eigenvalue weighted by molar-refractivity contribution is 0.768. The van der Waals surface area contributed by atoms with E-state index in [0.29, 0.717) is 10.9 Å². The maximum atomic E-state index is 13.1. The summed E-state index contributed by atoms with van der Waals surface area (Å²) in [5.74, 6) is 0. The van der Waals surface area contributed by atoms with E-state index in [9.17, 15) is 4.79 Å². The van der Waals surface area contributed by atoms with Gasteiger partial charge in [-0.15, -0.1) is 0 Å². The molecule has 0 N–H and O–H groups in total. The number of aryl methyl sites for hydroxylation is 2. The van der Waals surface area contributed by atoms with Gasteiger partial charge in [0.15, 0.2) is 5.43 Å². The molecule has 0 fully saturated rings. The molecule has 0 saturated carbocycles. The Bertz CT molecular complexity index is 1130. The van der Waals surface area contributed by atoms with Crippen LogP contribution in [0.15, 0.2) is 59.8 Å². The van der Waals surface area contributed by atoms with Crippen LogP contribution < -0.4 is 5.43 Å². The van der Waals surface area contributed by atoms with Gasteiger partial charge in [0, 0.05) is 41.3 Å². The second-order valence-electron chi connectivity index (χ2n) is 6.00. The van der Waals surface area contributed by atoms with Gasteiger partial charge < -0.3 is 0 Å². The van der Waals surface area contributed by atoms with Crippen molar-refractivity contribution >= 4 is 21.7 Å². The predicted molar refractivity (Wildman–Crippen MR) is 97.1 cm³/mol. The summed E-state index contributed by atoms with van der Waals surface area (Å²) in [7, 11) is 1.87. The summed E-state index contributed by atoms with van der Waals surface area (Å²) in [5.41, 5.74) is 3.76. The average Bonchev–Trinajstić information content (AvgIpc) is 2.99. The van der Waals surface area contributed by atoms with E-state index in [4.69, 9.17) is 0 Å². The van der Waals surface area contributed by atoms with E-state index in [1.54, 1.807) is 17.1 Å². The number of rotatable bonds is 2. The Hall–Kier alpha value is -3.01. The Kier molecular flexibility index (Phi) is 3.38. The average molecular weight is 315 g/mol. The van der Waals surface area contributed by atoms with Gasteiger partial charge >= 0.3 is 0 Å². The molecule has 4 aromatic rings. The van der Waals surface area contributed by atoms with Gasteiger partial charge in [-0.2, -0.15) is 5.10 Å². The fourth-order valence-electron chi connectivity index (χ4n) is 3.00. The van der Waals surface area contributed by atoms with Crippen molar-refractivity contribution in [2.45, 2.75) is 13.3 Å². The highest BCUT2D eigenvalue weighted by Gasteiger charge is 2.07. The maximum Gasteiger partial charge on any atom is 0.195 e. The molecule has 118 valence electrons. The fourth-order valence-corrected chi connectivity index (χ4v) is 3.00. The van der Waals surface area contributed by atoms with Crippen molar-refractivity contribution in [2.24, 2.45) is 7.05 Å². The lowest BCUT2D eigenvalue weighted by Crippen LogP contribution is -2.00. The number of hydrogen-bond donors (Lipinski definition) is 0. The molecule has 4 heteroatoms. The van der Waals surface area contributed by atoms with Gasteiger partial charge in [0.25, 0.3) is 0 Å². The zero-order valence-electron chi connectivity index (χ0n) is 13.7. The van der Waals surface area contributed by atoms with Crippen LogP contribution in [-0.4, -0.2) is 14.8 Å². The van der Waals surface area contributed by atoms with Crippen LogP contribution in [0.1, 0.15) is 12.5 Å². The first-order chi connectivity index (χ1) is 11.7. The van der Waals surface area contributed by atoms with E-state index in [2.05, 4.69) is 23.1 Å². The van der Waals surface area contributed by atoms with Gasteiger partial charge in [0.2, 0.25) is 0 Å². The van der Waals surface area contributed by atoms with E-state index in [1.165, 1.54) is 0 Å². The highest BCUT2D eigenvalue weighted by atomic mass is 16.1. The number of aromatic nitrogens is 3. The largest absolute Gasteiger partial charge is 0.289 e. The highest BCUT2D eigenvalue weighted by molar-refractivity contribution is 5.93. The van der Waals surface area contributed by atoms with E-state index < -0.39 is 0 Å². The molecule has 0 unspecified atom stereocenters. The first-order valence-electron chi connectivity index (χ1n) is 8.00. The third kappa shape index (κ3) is 2.36. The molecule has 4 rings (SSSR count). The predicted octanol–water partition coefficient (Wildman–Crippen LogP) is 3.71. The molecule has 0 bridgehead atoms. The third-order valence-corrected chi connectivity index (χ3v) is 4.39. The Balaban J connectivity index is 2.06. The Morgan fingerprint density at radius 1 is 1.00 bits per heavy atom. The maximum absolute atomic E-state index is 13.1. The van der Waals surface area contributed by atoms with Crippen molar-refractivity contribution in [3.8, 4) is 11.1 Å². The van der Waals surface area contributed by atoms with Crippen LogP contribution in [0.2, 0.25) is 0 Å². The van der Waals surface area contributed by atoms with Crippen LogP contribution >= 0.6 is 0 Å². The third-order valence-electron chi connectivity index (χ3n) is 4.39. The molecule has 2 aromatic heterocycles. The molecule has 0 amide bonds. The van der Waals surface area contributed by atoms with E-state index in [0.717, 1.165) is 33.9 Å². The van der Waals surface area contributed by atoms with Gasteiger partial charge in [-0.3, -0.25) is 14.5 Å². The topological polar surface area (TPSA) is 47.8 Å². The zero-order valence-corrected chi connectivity index (χ0v) is 13.7. The van der Waals surface area contributed by atoms with Gasteiger partial charge in [-0.05, 0) is 35.6 Å². The van der Waals surface area contributed by atoms with E-state index in [1.807, 2.05) is 43.6 Å². The standard InChI is InChI=1S/C20H17N3O/c1-3-13-4-5-14-6-7-19-18(20(24)17(14)8-13)9-15(10-21-19)16-11-22-23(2)12-16/h4-12H,3H2,1-2H3. The summed E-state index contributed by atoms with van der Waals surface area (Å²) in [5, 5.41) is 6.52. The van der Waals surface area contributed by atoms with Gasteiger partial charge in [-0.1, -0.05) is 25.1 Å². The molecule has 24 heavy (non-hydrogen) atoms. The van der Waals surface area contributed by atoms with Crippen molar-refractivity contribution in [1.29, 1.82) is 0 Å².